The molecule has 0 aliphatic rings. The van der Waals surface area contributed by atoms with Crippen molar-refractivity contribution in [1.82, 2.24) is 9.55 Å². The average molecular weight is 271 g/mol. The van der Waals surface area contributed by atoms with Crippen molar-refractivity contribution in [3.05, 3.63) is 63.9 Å². The standard InChI is InChI=1S/C15H11ClN2O/c1-18-13(10-4-2-5-11(16)8-10)9-14(19)12-6-3-7-17-15(12)18/h2-9H,1H3. The Morgan fingerprint density at radius 2 is 2.00 bits per heavy atom. The van der Waals surface area contributed by atoms with E-state index in [4.69, 9.17) is 11.6 Å². The Balaban J connectivity index is 2.37. The van der Waals surface area contributed by atoms with E-state index in [1.165, 1.54) is 0 Å². The predicted molar refractivity (Wildman–Crippen MR) is 77.4 cm³/mol. The van der Waals surface area contributed by atoms with Gasteiger partial charge in [-0.2, -0.15) is 0 Å². The third-order valence-corrected chi connectivity index (χ3v) is 3.35. The fraction of sp³-hybridized carbons (Fsp3) is 0.0667. The number of fused-ring (bicyclic) bond motifs is 1. The number of aromatic nitrogens is 2. The molecule has 94 valence electrons. The van der Waals surface area contributed by atoms with Crippen LogP contribution in [-0.2, 0) is 7.05 Å². The topological polar surface area (TPSA) is 34.9 Å². The van der Waals surface area contributed by atoms with Crippen LogP contribution in [0.4, 0.5) is 0 Å². The minimum absolute atomic E-state index is 0.0313. The lowest BCUT2D eigenvalue weighted by Gasteiger charge is -2.11. The summed E-state index contributed by atoms with van der Waals surface area (Å²) in [5, 5.41) is 1.27. The number of pyridine rings is 2. The molecule has 0 radical (unpaired) electrons. The fourth-order valence-electron chi connectivity index (χ4n) is 2.19. The van der Waals surface area contributed by atoms with E-state index >= 15 is 0 Å². The molecule has 0 fully saturated rings. The van der Waals surface area contributed by atoms with Gasteiger partial charge in [-0.05, 0) is 29.8 Å². The molecule has 0 bridgehead atoms. The smallest absolute Gasteiger partial charge is 0.191 e. The number of halogens is 1. The number of nitrogens with zero attached hydrogens (tertiary/aromatic N) is 2. The van der Waals surface area contributed by atoms with Crippen molar-refractivity contribution in [2.45, 2.75) is 0 Å². The number of aryl methyl sites for hydroxylation is 1. The highest BCUT2D eigenvalue weighted by molar-refractivity contribution is 6.30. The first kappa shape index (κ1) is 11.9. The highest BCUT2D eigenvalue weighted by Crippen LogP contribution is 2.23. The Bertz CT molecular complexity index is 824. The van der Waals surface area contributed by atoms with Gasteiger partial charge >= 0.3 is 0 Å². The summed E-state index contributed by atoms with van der Waals surface area (Å²) >= 11 is 6.00. The van der Waals surface area contributed by atoms with Gasteiger partial charge in [-0.3, -0.25) is 4.79 Å². The maximum atomic E-state index is 12.1. The quantitative estimate of drug-likeness (QED) is 0.680. The Labute approximate surface area is 115 Å². The van der Waals surface area contributed by atoms with Gasteiger partial charge in [-0.15, -0.1) is 0 Å². The van der Waals surface area contributed by atoms with E-state index in [1.54, 1.807) is 24.4 Å². The zero-order valence-electron chi connectivity index (χ0n) is 10.3. The van der Waals surface area contributed by atoms with Gasteiger partial charge in [0.2, 0.25) is 0 Å². The second kappa shape index (κ2) is 4.52. The second-order valence-electron chi connectivity index (χ2n) is 4.34. The summed E-state index contributed by atoms with van der Waals surface area (Å²) in [5.41, 5.74) is 2.35. The largest absolute Gasteiger partial charge is 0.328 e. The van der Waals surface area contributed by atoms with Crippen molar-refractivity contribution in [2.24, 2.45) is 7.05 Å². The molecular weight excluding hydrogens is 260 g/mol. The molecule has 0 aliphatic heterocycles. The lowest BCUT2D eigenvalue weighted by molar-refractivity contribution is 0.938. The normalized spacial score (nSPS) is 10.8. The van der Waals surface area contributed by atoms with Crippen LogP contribution in [0.15, 0.2) is 53.5 Å². The van der Waals surface area contributed by atoms with Gasteiger partial charge in [0.15, 0.2) is 5.43 Å². The fourth-order valence-corrected chi connectivity index (χ4v) is 2.38. The third kappa shape index (κ3) is 2.02. The molecule has 0 spiro atoms. The van der Waals surface area contributed by atoms with Gasteiger partial charge in [0.05, 0.1) is 11.1 Å². The zero-order chi connectivity index (χ0) is 13.4. The van der Waals surface area contributed by atoms with E-state index in [0.717, 1.165) is 11.3 Å². The van der Waals surface area contributed by atoms with E-state index in [-0.39, 0.29) is 5.43 Å². The van der Waals surface area contributed by atoms with Gasteiger partial charge in [-0.25, -0.2) is 4.98 Å². The Hall–Kier alpha value is -2.13. The maximum absolute atomic E-state index is 12.1. The zero-order valence-corrected chi connectivity index (χ0v) is 11.1. The van der Waals surface area contributed by atoms with Gasteiger partial charge in [0.1, 0.15) is 5.65 Å². The summed E-state index contributed by atoms with van der Waals surface area (Å²) in [6.07, 6.45) is 1.68. The number of benzene rings is 1. The molecule has 1 aromatic carbocycles. The molecular formula is C15H11ClN2O. The molecule has 19 heavy (non-hydrogen) atoms. The lowest BCUT2D eigenvalue weighted by atomic mass is 10.1. The molecule has 3 aromatic rings. The van der Waals surface area contributed by atoms with Gasteiger partial charge < -0.3 is 4.57 Å². The summed E-state index contributed by atoms with van der Waals surface area (Å²) in [6.45, 7) is 0. The molecule has 0 amide bonds. The van der Waals surface area contributed by atoms with Crippen LogP contribution >= 0.6 is 11.6 Å². The van der Waals surface area contributed by atoms with Crippen LogP contribution in [0.25, 0.3) is 22.3 Å². The van der Waals surface area contributed by atoms with Crippen LogP contribution in [0.3, 0.4) is 0 Å². The number of hydrogen-bond donors (Lipinski definition) is 0. The van der Waals surface area contributed by atoms with E-state index in [2.05, 4.69) is 4.98 Å². The average Bonchev–Trinajstić information content (AvgIpc) is 2.43. The van der Waals surface area contributed by atoms with Crippen LogP contribution in [0.2, 0.25) is 5.02 Å². The van der Waals surface area contributed by atoms with Crippen molar-refractivity contribution < 1.29 is 0 Å². The van der Waals surface area contributed by atoms with Gasteiger partial charge in [0.25, 0.3) is 0 Å². The predicted octanol–water partition coefficient (Wildman–Crippen LogP) is 3.25. The van der Waals surface area contributed by atoms with E-state index in [0.29, 0.717) is 16.1 Å². The molecule has 2 aromatic heterocycles. The third-order valence-electron chi connectivity index (χ3n) is 3.12. The SMILES string of the molecule is Cn1c(-c2cccc(Cl)c2)cc(=O)c2cccnc21. The molecule has 0 aliphatic carbocycles. The molecule has 2 heterocycles. The molecule has 0 saturated carbocycles. The van der Waals surface area contributed by atoms with Gasteiger partial charge in [-0.1, -0.05) is 23.7 Å². The molecule has 3 rings (SSSR count). The minimum Gasteiger partial charge on any atom is -0.328 e. The first-order valence-electron chi connectivity index (χ1n) is 5.87. The Morgan fingerprint density at radius 1 is 1.16 bits per heavy atom. The molecule has 4 heteroatoms. The van der Waals surface area contributed by atoms with E-state index in [9.17, 15) is 4.79 Å². The number of hydrogen-bond acceptors (Lipinski definition) is 2. The molecule has 3 nitrogen and oxygen atoms in total. The van der Waals surface area contributed by atoms with Crippen molar-refractivity contribution in [3.8, 4) is 11.3 Å². The van der Waals surface area contributed by atoms with Crippen LogP contribution in [0.1, 0.15) is 0 Å². The first-order chi connectivity index (χ1) is 9.16. The van der Waals surface area contributed by atoms with Crippen molar-refractivity contribution in [3.63, 3.8) is 0 Å². The van der Waals surface area contributed by atoms with E-state index < -0.39 is 0 Å². The van der Waals surface area contributed by atoms with Crippen molar-refractivity contribution >= 4 is 22.6 Å². The van der Waals surface area contributed by atoms with Crippen LogP contribution in [0, 0.1) is 0 Å². The molecule has 0 unspecified atom stereocenters. The maximum Gasteiger partial charge on any atom is 0.191 e. The monoisotopic (exact) mass is 270 g/mol. The van der Waals surface area contributed by atoms with Crippen LogP contribution < -0.4 is 5.43 Å². The summed E-state index contributed by atoms with van der Waals surface area (Å²) in [4.78, 5) is 16.4. The number of rotatable bonds is 1. The molecule has 0 N–H and O–H groups in total. The second-order valence-corrected chi connectivity index (χ2v) is 4.77. The lowest BCUT2D eigenvalue weighted by Crippen LogP contribution is -2.10. The van der Waals surface area contributed by atoms with Gasteiger partial charge in [0, 0.05) is 24.3 Å². The van der Waals surface area contributed by atoms with E-state index in [1.807, 2.05) is 35.9 Å². The van der Waals surface area contributed by atoms with Crippen molar-refractivity contribution in [2.75, 3.05) is 0 Å². The summed E-state index contributed by atoms with van der Waals surface area (Å²) in [5.74, 6) is 0. The highest BCUT2D eigenvalue weighted by atomic mass is 35.5. The van der Waals surface area contributed by atoms with Crippen molar-refractivity contribution in [1.29, 1.82) is 0 Å². The summed E-state index contributed by atoms with van der Waals surface area (Å²) in [7, 11) is 1.89. The van der Waals surface area contributed by atoms with Crippen LogP contribution in [-0.4, -0.2) is 9.55 Å². The first-order valence-corrected chi connectivity index (χ1v) is 6.25. The molecule has 0 atom stereocenters. The Morgan fingerprint density at radius 3 is 2.79 bits per heavy atom. The summed E-state index contributed by atoms with van der Waals surface area (Å²) < 4.78 is 1.91. The Kier molecular flexibility index (Phi) is 2.84. The minimum atomic E-state index is -0.0313. The van der Waals surface area contributed by atoms with Crippen LogP contribution in [0.5, 0.6) is 0 Å². The summed E-state index contributed by atoms with van der Waals surface area (Å²) in [6, 6.07) is 12.6. The molecule has 0 saturated heterocycles. The highest BCUT2D eigenvalue weighted by Gasteiger charge is 2.08.